The van der Waals surface area contributed by atoms with Gasteiger partial charge in [-0.2, -0.15) is 8.42 Å². The Morgan fingerprint density at radius 3 is 2.20 bits per heavy atom. The lowest BCUT2D eigenvalue weighted by molar-refractivity contribution is -0.108. The second-order valence-corrected chi connectivity index (χ2v) is 2.74. The molecule has 0 aliphatic carbocycles. The minimum atomic E-state index is -4.14. The minimum Gasteiger partial charge on any atom is -0.385 e. The van der Waals surface area contributed by atoms with Gasteiger partial charge in [-0.15, -0.1) is 0 Å². The predicted octanol–water partition coefficient (Wildman–Crippen LogP) is 0.189. The fourth-order valence-electron chi connectivity index (χ4n) is 0.239. The van der Waals surface area contributed by atoms with Crippen molar-refractivity contribution in [1.82, 2.24) is 0 Å². The number of carbonyl (C=O) groups is 1. The van der Waals surface area contributed by atoms with Crippen LogP contribution in [0.4, 0.5) is 0 Å². The third-order valence-corrected chi connectivity index (χ3v) is 1.66. The molecule has 0 saturated carbocycles. The van der Waals surface area contributed by atoms with Crippen LogP contribution in [-0.4, -0.2) is 13.5 Å². The van der Waals surface area contributed by atoms with Gasteiger partial charge in [-0.1, -0.05) is 13.2 Å². The van der Waals surface area contributed by atoms with Gasteiger partial charge in [0.1, 0.15) is 0 Å². The van der Waals surface area contributed by atoms with E-state index in [1.54, 1.807) is 0 Å². The van der Waals surface area contributed by atoms with Gasteiger partial charge in [0.25, 0.3) is 0 Å². The van der Waals surface area contributed by atoms with Gasteiger partial charge < -0.3 is 4.18 Å². The Morgan fingerprint density at radius 1 is 1.40 bits per heavy atom. The van der Waals surface area contributed by atoms with Crippen LogP contribution < -0.4 is 0 Å². The van der Waals surface area contributed by atoms with Crippen LogP contribution in [0, 0.1) is 0 Å². The molecule has 56 valence electrons. The molecule has 0 atom stereocenters. The molecule has 0 bridgehead atoms. The first-order valence-electron chi connectivity index (χ1n) is 2.25. The molecule has 0 radical (unpaired) electrons. The summed E-state index contributed by atoms with van der Waals surface area (Å²) in [6, 6.07) is 0. The minimum absolute atomic E-state index is 0.652. The van der Waals surface area contributed by atoms with Crippen molar-refractivity contribution in [3.05, 3.63) is 25.5 Å². The molecular formula is C5H6O4S. The molecule has 0 amide bonds. The van der Waals surface area contributed by atoms with Crippen LogP contribution >= 0.6 is 0 Å². The fraction of sp³-hybridized carbons (Fsp3) is 0. The quantitative estimate of drug-likeness (QED) is 0.337. The summed E-state index contributed by atoms with van der Waals surface area (Å²) in [5, 5.41) is -1.17. The van der Waals surface area contributed by atoms with Crippen LogP contribution in [-0.2, 0) is 19.1 Å². The highest BCUT2D eigenvalue weighted by molar-refractivity contribution is 8.02. The summed E-state index contributed by atoms with van der Waals surface area (Å²) >= 11 is 0. The van der Waals surface area contributed by atoms with E-state index >= 15 is 0 Å². The van der Waals surface area contributed by atoms with E-state index in [9.17, 15) is 13.2 Å². The summed E-state index contributed by atoms with van der Waals surface area (Å²) < 4.78 is 24.8. The number of hydrogen-bond donors (Lipinski definition) is 0. The van der Waals surface area contributed by atoms with Crippen LogP contribution in [0.5, 0.6) is 0 Å². The zero-order valence-electron chi connectivity index (χ0n) is 5.11. The van der Waals surface area contributed by atoms with Gasteiger partial charge in [-0.05, 0) is 6.08 Å². The maximum atomic E-state index is 10.4. The van der Waals surface area contributed by atoms with Crippen molar-refractivity contribution in [2.24, 2.45) is 0 Å². The first-order valence-corrected chi connectivity index (χ1v) is 3.66. The van der Waals surface area contributed by atoms with Gasteiger partial charge in [-0.25, -0.2) is 0 Å². The van der Waals surface area contributed by atoms with E-state index in [0.717, 1.165) is 0 Å². The van der Waals surface area contributed by atoms with Gasteiger partial charge in [-0.3, -0.25) is 4.79 Å². The highest BCUT2D eigenvalue weighted by Crippen LogP contribution is 1.95. The monoisotopic (exact) mass is 162 g/mol. The number of rotatable bonds is 3. The van der Waals surface area contributed by atoms with Crippen molar-refractivity contribution in [2.75, 3.05) is 0 Å². The normalized spacial score (nSPS) is 10.0. The van der Waals surface area contributed by atoms with Crippen molar-refractivity contribution in [3.8, 4) is 0 Å². The van der Waals surface area contributed by atoms with Crippen molar-refractivity contribution in [1.29, 1.82) is 0 Å². The standard InChI is InChI=1S/C5H6O4S/c1-3-5(6)10(7,8)9-4-2/h3-4H,1-2H2. The Balaban J connectivity index is 4.57. The number of carbonyl (C=O) groups excluding carboxylic acids is 1. The zero-order valence-corrected chi connectivity index (χ0v) is 5.93. The van der Waals surface area contributed by atoms with Gasteiger partial charge >= 0.3 is 15.2 Å². The van der Waals surface area contributed by atoms with E-state index in [0.29, 0.717) is 12.3 Å². The second kappa shape index (κ2) is 3.17. The Labute approximate surface area is 58.9 Å². The van der Waals surface area contributed by atoms with E-state index in [4.69, 9.17) is 0 Å². The molecule has 0 spiro atoms. The molecule has 0 fully saturated rings. The molecular weight excluding hydrogens is 156 g/mol. The van der Waals surface area contributed by atoms with Gasteiger partial charge in [0.15, 0.2) is 0 Å². The predicted molar refractivity (Wildman–Crippen MR) is 35.4 cm³/mol. The van der Waals surface area contributed by atoms with Gasteiger partial charge in [0.05, 0.1) is 6.26 Å². The van der Waals surface area contributed by atoms with E-state index in [2.05, 4.69) is 17.3 Å². The SMILES string of the molecule is C=COS(=O)(=O)C(=O)C=C. The first kappa shape index (κ1) is 8.90. The molecule has 5 heteroatoms. The first-order chi connectivity index (χ1) is 4.54. The summed E-state index contributed by atoms with van der Waals surface area (Å²) in [5.41, 5.74) is 0. The Hall–Kier alpha value is -1.10. The van der Waals surface area contributed by atoms with E-state index in [1.807, 2.05) is 0 Å². The van der Waals surface area contributed by atoms with E-state index in [-0.39, 0.29) is 0 Å². The topological polar surface area (TPSA) is 60.4 Å². The van der Waals surface area contributed by atoms with Gasteiger partial charge in [0.2, 0.25) is 0 Å². The average Bonchev–Trinajstić information content (AvgIpc) is 1.86. The Morgan fingerprint density at radius 2 is 1.90 bits per heavy atom. The lowest BCUT2D eigenvalue weighted by Gasteiger charge is -1.94. The molecule has 0 aromatic rings. The Kier molecular flexibility index (Phi) is 2.82. The second-order valence-electron chi connectivity index (χ2n) is 1.24. The summed E-state index contributed by atoms with van der Waals surface area (Å²) in [5.74, 6) is 0. The van der Waals surface area contributed by atoms with Crippen LogP contribution in [0.1, 0.15) is 0 Å². The molecule has 0 heterocycles. The lowest BCUT2D eigenvalue weighted by Crippen LogP contribution is -2.12. The van der Waals surface area contributed by atoms with Crippen LogP contribution in [0.15, 0.2) is 25.5 Å². The third kappa shape index (κ3) is 2.02. The lowest BCUT2D eigenvalue weighted by atomic mass is 10.7. The zero-order chi connectivity index (χ0) is 8.20. The van der Waals surface area contributed by atoms with Gasteiger partial charge in [0, 0.05) is 0 Å². The third-order valence-electron chi connectivity index (χ3n) is 0.608. The molecule has 0 N–H and O–H groups in total. The van der Waals surface area contributed by atoms with Crippen LogP contribution in [0.2, 0.25) is 0 Å². The smallest absolute Gasteiger partial charge is 0.377 e. The molecule has 0 aliphatic rings. The Bertz CT molecular complexity index is 249. The largest absolute Gasteiger partial charge is 0.385 e. The molecule has 0 rings (SSSR count). The summed E-state index contributed by atoms with van der Waals surface area (Å²) in [7, 11) is -4.14. The molecule has 0 unspecified atom stereocenters. The highest BCUT2D eigenvalue weighted by atomic mass is 32.2. The highest BCUT2D eigenvalue weighted by Gasteiger charge is 2.17. The molecule has 10 heavy (non-hydrogen) atoms. The number of hydrogen-bond acceptors (Lipinski definition) is 4. The van der Waals surface area contributed by atoms with Crippen LogP contribution in [0.25, 0.3) is 0 Å². The summed E-state index contributed by atoms with van der Waals surface area (Å²) in [6.45, 7) is 5.94. The molecule has 0 aromatic heterocycles. The van der Waals surface area contributed by atoms with Crippen LogP contribution in [0.3, 0.4) is 0 Å². The van der Waals surface area contributed by atoms with E-state index in [1.165, 1.54) is 0 Å². The molecule has 0 aliphatic heterocycles. The average molecular weight is 162 g/mol. The van der Waals surface area contributed by atoms with Crippen molar-refractivity contribution >= 4 is 15.2 Å². The molecule has 0 saturated heterocycles. The summed E-state index contributed by atoms with van der Waals surface area (Å²) in [6.07, 6.45) is 1.32. The van der Waals surface area contributed by atoms with Crippen molar-refractivity contribution in [3.63, 3.8) is 0 Å². The maximum absolute atomic E-state index is 10.4. The van der Waals surface area contributed by atoms with E-state index < -0.39 is 15.2 Å². The summed E-state index contributed by atoms with van der Waals surface area (Å²) in [4.78, 5) is 10.3. The maximum Gasteiger partial charge on any atom is 0.377 e. The molecule has 0 aromatic carbocycles. The van der Waals surface area contributed by atoms with Crippen molar-refractivity contribution in [2.45, 2.75) is 0 Å². The fourth-order valence-corrected chi connectivity index (χ4v) is 0.717. The molecule has 4 nitrogen and oxygen atoms in total. The van der Waals surface area contributed by atoms with Crippen molar-refractivity contribution < 1.29 is 17.4 Å².